The van der Waals surface area contributed by atoms with Crippen LogP contribution in [-0.2, 0) is 6.54 Å². The number of imidazole rings is 1. The molecule has 0 aromatic carbocycles. The van der Waals surface area contributed by atoms with Crippen molar-refractivity contribution in [2.24, 2.45) is 5.92 Å². The fourth-order valence-corrected chi connectivity index (χ4v) is 4.66. The summed E-state index contributed by atoms with van der Waals surface area (Å²) in [6.45, 7) is 8.31. The van der Waals surface area contributed by atoms with Crippen molar-refractivity contribution in [3.63, 3.8) is 0 Å². The minimum absolute atomic E-state index is 0.647. The first-order chi connectivity index (χ1) is 10.1. The second-order valence-corrected chi connectivity index (χ2v) is 8.27. The Morgan fingerprint density at radius 2 is 2.19 bits per heavy atom. The van der Waals surface area contributed by atoms with Crippen molar-refractivity contribution in [3.05, 3.63) is 28.3 Å². The van der Waals surface area contributed by atoms with Gasteiger partial charge in [0.25, 0.3) is 0 Å². The number of fused-ring (bicyclic) bond motifs is 1. The van der Waals surface area contributed by atoms with Crippen LogP contribution in [0.5, 0.6) is 0 Å². The Labute approximate surface area is 136 Å². The van der Waals surface area contributed by atoms with E-state index < -0.39 is 0 Å². The number of nitrogens with zero attached hydrogens (tertiary/aromatic N) is 3. The van der Waals surface area contributed by atoms with Crippen LogP contribution in [-0.4, -0.2) is 20.9 Å². The average molecular weight is 339 g/mol. The minimum Gasteiger partial charge on any atom is -0.311 e. The summed E-state index contributed by atoms with van der Waals surface area (Å²) in [6, 6.07) is 0. The lowest BCUT2D eigenvalue weighted by atomic mass is 10.2. The highest BCUT2D eigenvalue weighted by atomic mass is 32.2. The lowest BCUT2D eigenvalue weighted by Gasteiger charge is -2.07. The molecule has 3 aromatic rings. The van der Waals surface area contributed by atoms with Gasteiger partial charge in [-0.15, -0.1) is 22.7 Å². The molecule has 0 aliphatic heterocycles. The van der Waals surface area contributed by atoms with Gasteiger partial charge in [-0.05, 0) is 31.1 Å². The first-order valence-corrected chi connectivity index (χ1v) is 9.46. The smallest absolute Gasteiger partial charge is 0.194 e. The summed E-state index contributed by atoms with van der Waals surface area (Å²) in [5.74, 6) is 0.647. The Kier molecular flexibility index (Phi) is 4.63. The van der Waals surface area contributed by atoms with E-state index in [1.807, 2.05) is 6.92 Å². The van der Waals surface area contributed by atoms with Crippen molar-refractivity contribution >= 4 is 39.4 Å². The molecular formula is C14H18N4S3. The fraction of sp³-hybridized carbons (Fsp3) is 0.429. The lowest BCUT2D eigenvalue weighted by Crippen LogP contribution is -2.20. The van der Waals surface area contributed by atoms with Crippen LogP contribution in [0.15, 0.2) is 26.3 Å². The second-order valence-electron chi connectivity index (χ2n) is 5.30. The maximum absolute atomic E-state index is 4.75. The highest BCUT2D eigenvalue weighted by molar-refractivity contribution is 8.01. The van der Waals surface area contributed by atoms with Crippen molar-refractivity contribution in [3.8, 4) is 0 Å². The van der Waals surface area contributed by atoms with Crippen LogP contribution in [0, 0.1) is 12.8 Å². The maximum atomic E-state index is 4.75. The number of hydrogen-bond acceptors (Lipinski definition) is 6. The molecule has 0 bridgehead atoms. The third-order valence-corrected chi connectivity index (χ3v) is 5.78. The minimum atomic E-state index is 0.647. The van der Waals surface area contributed by atoms with Gasteiger partial charge in [0.15, 0.2) is 9.30 Å². The topological polar surface area (TPSA) is 42.2 Å². The van der Waals surface area contributed by atoms with Crippen LogP contribution >= 0.6 is 34.4 Å². The zero-order valence-electron chi connectivity index (χ0n) is 12.3. The summed E-state index contributed by atoms with van der Waals surface area (Å²) in [5.41, 5.74) is 2.30. The molecule has 112 valence electrons. The highest BCUT2D eigenvalue weighted by Gasteiger charge is 2.15. The molecule has 0 amide bonds. The van der Waals surface area contributed by atoms with Gasteiger partial charge in [-0.2, -0.15) is 0 Å². The molecule has 4 nitrogen and oxygen atoms in total. The molecular weight excluding hydrogens is 320 g/mol. The average Bonchev–Trinajstić information content (AvgIpc) is 3.09. The third kappa shape index (κ3) is 3.48. The molecule has 0 saturated carbocycles. The molecule has 0 saturated heterocycles. The number of hydrogen-bond donors (Lipinski definition) is 1. The van der Waals surface area contributed by atoms with E-state index in [1.165, 1.54) is 5.69 Å². The van der Waals surface area contributed by atoms with E-state index in [0.717, 1.165) is 33.1 Å². The van der Waals surface area contributed by atoms with Gasteiger partial charge < -0.3 is 5.32 Å². The molecule has 0 unspecified atom stereocenters. The molecule has 3 rings (SSSR count). The maximum Gasteiger partial charge on any atom is 0.194 e. The summed E-state index contributed by atoms with van der Waals surface area (Å²) < 4.78 is 3.24. The second kappa shape index (κ2) is 6.48. The van der Waals surface area contributed by atoms with E-state index in [1.54, 1.807) is 34.4 Å². The summed E-state index contributed by atoms with van der Waals surface area (Å²) in [7, 11) is 0. The Morgan fingerprint density at radius 3 is 2.90 bits per heavy atom. The van der Waals surface area contributed by atoms with Gasteiger partial charge in [0, 0.05) is 29.2 Å². The summed E-state index contributed by atoms with van der Waals surface area (Å²) in [6.07, 6.45) is 2.09. The van der Waals surface area contributed by atoms with E-state index in [9.17, 15) is 0 Å². The van der Waals surface area contributed by atoms with Crippen LogP contribution < -0.4 is 5.32 Å². The van der Waals surface area contributed by atoms with Gasteiger partial charge in [-0.25, -0.2) is 9.97 Å². The SMILES string of the molecule is Cc1csc(Sc2nc3sccn3c2CNCC(C)C)n1. The molecule has 0 atom stereocenters. The van der Waals surface area contributed by atoms with Crippen LogP contribution in [0.25, 0.3) is 4.96 Å². The monoisotopic (exact) mass is 338 g/mol. The van der Waals surface area contributed by atoms with Crippen molar-refractivity contribution < 1.29 is 0 Å². The standard InChI is InChI=1S/C14H18N4S3/c1-9(2)6-15-7-11-12(17-13-18(11)4-5-19-13)21-14-16-10(3)8-20-14/h4-5,8-9,15H,6-7H2,1-3H3. The fourth-order valence-electron chi connectivity index (χ4n) is 2.00. The van der Waals surface area contributed by atoms with Crippen LogP contribution in [0.1, 0.15) is 25.2 Å². The van der Waals surface area contributed by atoms with Gasteiger partial charge in [-0.3, -0.25) is 4.40 Å². The molecule has 0 aliphatic rings. The van der Waals surface area contributed by atoms with Crippen molar-refractivity contribution in [1.29, 1.82) is 0 Å². The quantitative estimate of drug-likeness (QED) is 0.736. The Bertz CT molecular complexity index is 726. The zero-order chi connectivity index (χ0) is 14.8. The molecule has 3 aromatic heterocycles. The molecule has 1 N–H and O–H groups in total. The summed E-state index contributed by atoms with van der Waals surface area (Å²) >= 11 is 5.02. The summed E-state index contributed by atoms with van der Waals surface area (Å²) in [4.78, 5) is 10.3. The van der Waals surface area contributed by atoms with Gasteiger partial charge in [0.05, 0.1) is 5.69 Å². The molecule has 0 radical (unpaired) electrons. The highest BCUT2D eigenvalue weighted by Crippen LogP contribution is 2.33. The van der Waals surface area contributed by atoms with E-state index in [0.29, 0.717) is 5.92 Å². The first-order valence-electron chi connectivity index (χ1n) is 6.88. The zero-order valence-corrected chi connectivity index (χ0v) is 14.7. The van der Waals surface area contributed by atoms with Crippen LogP contribution in [0.2, 0.25) is 0 Å². The molecule has 3 heterocycles. The van der Waals surface area contributed by atoms with E-state index in [2.05, 4.69) is 45.5 Å². The first kappa shape index (κ1) is 15.0. The van der Waals surface area contributed by atoms with Crippen LogP contribution in [0.3, 0.4) is 0 Å². The number of rotatable bonds is 6. The molecule has 0 spiro atoms. The largest absolute Gasteiger partial charge is 0.311 e. The molecule has 0 fully saturated rings. The van der Waals surface area contributed by atoms with Gasteiger partial charge in [0.1, 0.15) is 5.03 Å². The van der Waals surface area contributed by atoms with Crippen molar-refractivity contribution in [2.75, 3.05) is 6.54 Å². The number of nitrogens with one attached hydrogen (secondary N) is 1. The number of aromatic nitrogens is 3. The Morgan fingerprint density at radius 1 is 1.33 bits per heavy atom. The predicted octanol–water partition coefficient (Wildman–Crippen LogP) is 4.06. The molecule has 21 heavy (non-hydrogen) atoms. The van der Waals surface area contributed by atoms with E-state index in [4.69, 9.17) is 4.98 Å². The van der Waals surface area contributed by atoms with Gasteiger partial charge >= 0.3 is 0 Å². The van der Waals surface area contributed by atoms with E-state index in [-0.39, 0.29) is 0 Å². The molecule has 7 heteroatoms. The van der Waals surface area contributed by atoms with Crippen molar-refractivity contribution in [2.45, 2.75) is 36.7 Å². The van der Waals surface area contributed by atoms with E-state index >= 15 is 0 Å². The van der Waals surface area contributed by atoms with Gasteiger partial charge in [0.2, 0.25) is 0 Å². The predicted molar refractivity (Wildman–Crippen MR) is 90.6 cm³/mol. The number of thiazole rings is 2. The Hall–Kier alpha value is -0.890. The summed E-state index contributed by atoms with van der Waals surface area (Å²) in [5, 5.41) is 8.74. The lowest BCUT2D eigenvalue weighted by molar-refractivity contribution is 0.544. The normalized spacial score (nSPS) is 11.8. The van der Waals surface area contributed by atoms with Gasteiger partial charge in [-0.1, -0.05) is 13.8 Å². The Balaban J connectivity index is 1.84. The molecule has 0 aliphatic carbocycles. The van der Waals surface area contributed by atoms with Crippen molar-refractivity contribution in [1.82, 2.24) is 19.7 Å². The van der Waals surface area contributed by atoms with Crippen LogP contribution in [0.4, 0.5) is 0 Å². The third-order valence-electron chi connectivity index (χ3n) is 2.95. The number of aryl methyl sites for hydroxylation is 1.